The summed E-state index contributed by atoms with van der Waals surface area (Å²) >= 11 is 6.10. The molecular weight excluding hydrogens is 326 g/mol. The first-order valence-corrected chi connectivity index (χ1v) is 8.54. The summed E-state index contributed by atoms with van der Waals surface area (Å²) in [6.07, 6.45) is 4.02. The van der Waals surface area contributed by atoms with Crippen molar-refractivity contribution in [3.05, 3.63) is 52.8 Å². The predicted molar refractivity (Wildman–Crippen MR) is 91.3 cm³/mol. The zero-order valence-corrected chi connectivity index (χ0v) is 14.0. The zero-order valence-electron chi connectivity index (χ0n) is 13.2. The van der Waals surface area contributed by atoms with E-state index in [-0.39, 0.29) is 18.4 Å². The summed E-state index contributed by atoms with van der Waals surface area (Å²) in [6, 6.07) is 9.24. The summed E-state index contributed by atoms with van der Waals surface area (Å²) < 4.78 is 1.99. The monoisotopic (exact) mass is 343 g/mol. The van der Waals surface area contributed by atoms with Gasteiger partial charge in [-0.25, -0.2) is 0 Å². The van der Waals surface area contributed by atoms with Crippen LogP contribution in [0.5, 0.6) is 0 Å². The van der Waals surface area contributed by atoms with E-state index in [0.717, 1.165) is 37.3 Å². The van der Waals surface area contributed by atoms with Crippen LogP contribution in [0.3, 0.4) is 0 Å². The number of halogens is 1. The van der Waals surface area contributed by atoms with Crippen molar-refractivity contribution in [1.29, 1.82) is 0 Å². The molecule has 1 fully saturated rings. The van der Waals surface area contributed by atoms with E-state index in [0.29, 0.717) is 17.1 Å². The number of nitrogens with zero attached hydrogens (tertiary/aromatic N) is 3. The second kappa shape index (κ2) is 5.98. The molecule has 2 amide bonds. The number of rotatable bonds is 2. The molecule has 0 spiro atoms. The molecule has 1 aromatic carbocycles. The van der Waals surface area contributed by atoms with E-state index in [2.05, 4.69) is 0 Å². The molecular formula is C18H18ClN3O2. The third-order valence-electron chi connectivity index (χ3n) is 4.71. The molecule has 6 heteroatoms. The van der Waals surface area contributed by atoms with Crippen LogP contribution < -0.4 is 0 Å². The molecule has 3 heterocycles. The van der Waals surface area contributed by atoms with Gasteiger partial charge in [-0.15, -0.1) is 0 Å². The van der Waals surface area contributed by atoms with E-state index < -0.39 is 0 Å². The van der Waals surface area contributed by atoms with Crippen molar-refractivity contribution in [2.45, 2.75) is 19.4 Å². The molecule has 0 unspecified atom stereocenters. The largest absolute Gasteiger partial charge is 0.341 e. The molecule has 24 heavy (non-hydrogen) atoms. The Morgan fingerprint density at radius 1 is 1.17 bits per heavy atom. The number of carbonyl (C=O) groups excluding carboxylic acids is 2. The van der Waals surface area contributed by atoms with Gasteiger partial charge >= 0.3 is 0 Å². The summed E-state index contributed by atoms with van der Waals surface area (Å²) in [5.74, 6) is -0.131. The van der Waals surface area contributed by atoms with Crippen molar-refractivity contribution in [3.63, 3.8) is 0 Å². The van der Waals surface area contributed by atoms with Gasteiger partial charge < -0.3 is 14.4 Å². The van der Waals surface area contributed by atoms with E-state index in [9.17, 15) is 9.59 Å². The van der Waals surface area contributed by atoms with Crippen LogP contribution in [-0.4, -0.2) is 45.8 Å². The van der Waals surface area contributed by atoms with E-state index in [1.165, 1.54) is 0 Å². The van der Waals surface area contributed by atoms with Crippen LogP contribution in [0, 0.1) is 0 Å². The molecule has 0 radical (unpaired) electrons. The Bertz CT molecular complexity index is 808. The van der Waals surface area contributed by atoms with Crippen LogP contribution in [0.2, 0.25) is 5.02 Å². The highest BCUT2D eigenvalue weighted by Crippen LogP contribution is 2.27. The molecule has 0 N–H and O–H groups in total. The second-order valence-electron chi connectivity index (χ2n) is 6.28. The minimum atomic E-state index is -0.149. The highest BCUT2D eigenvalue weighted by molar-refractivity contribution is 6.31. The molecule has 0 aliphatic carbocycles. The Morgan fingerprint density at radius 2 is 1.96 bits per heavy atom. The van der Waals surface area contributed by atoms with Crippen molar-refractivity contribution < 1.29 is 9.59 Å². The maximum absolute atomic E-state index is 13.0. The molecule has 2 aliphatic heterocycles. The van der Waals surface area contributed by atoms with Gasteiger partial charge in [-0.2, -0.15) is 0 Å². The lowest BCUT2D eigenvalue weighted by atomic mass is 10.1. The van der Waals surface area contributed by atoms with Gasteiger partial charge in [0.15, 0.2) is 0 Å². The van der Waals surface area contributed by atoms with Crippen molar-refractivity contribution >= 4 is 23.4 Å². The third kappa shape index (κ3) is 2.59. The SMILES string of the molecule is O=C(CN1Cc2cccn2-c2ccc(Cl)cc2C1=O)N1CCCC1. The molecule has 0 saturated carbocycles. The van der Waals surface area contributed by atoms with Gasteiger partial charge in [0.05, 0.1) is 17.8 Å². The van der Waals surface area contributed by atoms with E-state index >= 15 is 0 Å². The maximum Gasteiger partial charge on any atom is 0.256 e. The van der Waals surface area contributed by atoms with Gasteiger partial charge in [0, 0.05) is 30.0 Å². The van der Waals surface area contributed by atoms with Gasteiger partial charge in [0.25, 0.3) is 5.91 Å². The highest BCUT2D eigenvalue weighted by atomic mass is 35.5. The van der Waals surface area contributed by atoms with Crippen molar-refractivity contribution in [2.24, 2.45) is 0 Å². The average Bonchev–Trinajstić information content (AvgIpc) is 3.23. The van der Waals surface area contributed by atoms with Crippen molar-refractivity contribution in [2.75, 3.05) is 19.6 Å². The molecule has 2 aromatic rings. The summed E-state index contributed by atoms with van der Waals surface area (Å²) in [6.45, 7) is 2.10. The topological polar surface area (TPSA) is 45.6 Å². The van der Waals surface area contributed by atoms with Crippen molar-refractivity contribution in [3.8, 4) is 5.69 Å². The quantitative estimate of drug-likeness (QED) is 0.841. The average molecular weight is 344 g/mol. The number of amides is 2. The van der Waals surface area contributed by atoms with Crippen LogP contribution in [0.1, 0.15) is 28.9 Å². The fraction of sp³-hybridized carbons (Fsp3) is 0.333. The summed E-state index contributed by atoms with van der Waals surface area (Å²) in [5.41, 5.74) is 2.32. The minimum Gasteiger partial charge on any atom is -0.341 e. The number of likely N-dealkylation sites (tertiary alicyclic amines) is 1. The fourth-order valence-electron chi connectivity index (χ4n) is 3.46. The first-order chi connectivity index (χ1) is 11.6. The molecule has 2 aliphatic rings. The Balaban J connectivity index is 1.70. The number of fused-ring (bicyclic) bond motifs is 3. The number of hydrogen-bond acceptors (Lipinski definition) is 2. The predicted octanol–water partition coefficient (Wildman–Crippen LogP) is 2.71. The van der Waals surface area contributed by atoms with Crippen LogP contribution in [0.25, 0.3) is 5.69 Å². The lowest BCUT2D eigenvalue weighted by Crippen LogP contribution is -2.41. The van der Waals surface area contributed by atoms with E-state index in [1.807, 2.05) is 33.9 Å². The van der Waals surface area contributed by atoms with Gasteiger partial charge in [0.1, 0.15) is 6.54 Å². The second-order valence-corrected chi connectivity index (χ2v) is 6.72. The molecule has 0 atom stereocenters. The zero-order chi connectivity index (χ0) is 16.7. The molecule has 124 valence electrons. The normalized spacial score (nSPS) is 16.8. The summed E-state index contributed by atoms with van der Waals surface area (Å²) in [7, 11) is 0. The van der Waals surface area contributed by atoms with Gasteiger partial charge in [-0.05, 0) is 43.2 Å². The maximum atomic E-state index is 13.0. The lowest BCUT2D eigenvalue weighted by Gasteiger charge is -2.23. The lowest BCUT2D eigenvalue weighted by molar-refractivity contribution is -0.130. The van der Waals surface area contributed by atoms with Crippen LogP contribution in [0.15, 0.2) is 36.5 Å². The van der Waals surface area contributed by atoms with Crippen LogP contribution >= 0.6 is 11.6 Å². The molecule has 5 nitrogen and oxygen atoms in total. The Morgan fingerprint density at radius 3 is 2.75 bits per heavy atom. The fourth-order valence-corrected chi connectivity index (χ4v) is 3.64. The van der Waals surface area contributed by atoms with Gasteiger partial charge in [0.2, 0.25) is 5.91 Å². The van der Waals surface area contributed by atoms with Crippen LogP contribution in [-0.2, 0) is 11.3 Å². The molecule has 1 aromatic heterocycles. The van der Waals surface area contributed by atoms with Gasteiger partial charge in [-0.1, -0.05) is 11.6 Å². The summed E-state index contributed by atoms with van der Waals surface area (Å²) in [5, 5.41) is 0.517. The first-order valence-electron chi connectivity index (χ1n) is 8.17. The van der Waals surface area contributed by atoms with E-state index in [4.69, 9.17) is 11.6 Å². The summed E-state index contributed by atoms with van der Waals surface area (Å²) in [4.78, 5) is 29.0. The van der Waals surface area contributed by atoms with E-state index in [1.54, 1.807) is 17.0 Å². The minimum absolute atomic E-state index is 0.0180. The number of benzene rings is 1. The molecule has 4 rings (SSSR count). The molecule has 1 saturated heterocycles. The third-order valence-corrected chi connectivity index (χ3v) is 4.94. The number of carbonyl (C=O) groups is 2. The van der Waals surface area contributed by atoms with Crippen LogP contribution in [0.4, 0.5) is 0 Å². The molecule has 0 bridgehead atoms. The Hall–Kier alpha value is -2.27. The first kappa shape index (κ1) is 15.3. The Labute approximate surface area is 145 Å². The van der Waals surface area contributed by atoms with Gasteiger partial charge in [-0.3, -0.25) is 9.59 Å². The highest BCUT2D eigenvalue weighted by Gasteiger charge is 2.29. The van der Waals surface area contributed by atoms with Crippen molar-refractivity contribution in [1.82, 2.24) is 14.4 Å². The number of hydrogen-bond donors (Lipinski definition) is 0. The standard InChI is InChI=1S/C18H18ClN3O2/c19-13-5-6-16-15(10-13)18(24)21(11-14-4-3-9-22(14)16)12-17(23)20-7-1-2-8-20/h3-6,9-10H,1-2,7-8,11-12H2. The number of aromatic nitrogens is 1. The Kier molecular flexibility index (Phi) is 3.81. The smallest absolute Gasteiger partial charge is 0.256 e.